The highest BCUT2D eigenvalue weighted by atomic mass is 15.2. The normalized spacial score (nSPS) is 16.8. The molecule has 0 saturated carbocycles. The SMILES string of the molecule is CN1CCN(c2ccnc3[nH]c(C4=CCNc5ccc(-c6cn[nH]c6)nc54)cc23)CC1. The molecule has 6 heterocycles. The largest absolute Gasteiger partial charge is 0.380 e. The first kappa shape index (κ1) is 18.1. The van der Waals surface area contributed by atoms with Crippen molar-refractivity contribution in [3.63, 3.8) is 0 Å². The molecule has 1 fully saturated rings. The molecule has 4 aromatic rings. The van der Waals surface area contributed by atoms with E-state index in [1.54, 1.807) is 6.20 Å². The molecule has 0 atom stereocenters. The van der Waals surface area contributed by atoms with Gasteiger partial charge in [0, 0.05) is 73.0 Å². The van der Waals surface area contributed by atoms with Crippen LogP contribution in [0.25, 0.3) is 27.9 Å². The summed E-state index contributed by atoms with van der Waals surface area (Å²) < 4.78 is 0. The molecule has 0 unspecified atom stereocenters. The predicted molar refractivity (Wildman–Crippen MR) is 123 cm³/mol. The number of aromatic amines is 2. The summed E-state index contributed by atoms with van der Waals surface area (Å²) in [6, 6.07) is 8.47. The number of nitrogens with one attached hydrogen (secondary N) is 3. The summed E-state index contributed by atoms with van der Waals surface area (Å²) in [4.78, 5) is 17.9. The van der Waals surface area contributed by atoms with Crippen LogP contribution in [0.1, 0.15) is 11.4 Å². The lowest BCUT2D eigenvalue weighted by molar-refractivity contribution is 0.313. The standard InChI is InChI=1S/C23H24N8/c1-30-8-10-31(11-9-30)21-5-7-25-23-17(21)12-20(29-23)16-4-6-24-19-3-2-18(28-22(16)19)15-13-26-27-14-15/h2-5,7,12-14,24H,6,8-11H2,1H3,(H,25,29)(H,26,27). The molecule has 2 aliphatic heterocycles. The van der Waals surface area contributed by atoms with Gasteiger partial charge in [-0.15, -0.1) is 0 Å². The second-order valence-electron chi connectivity index (χ2n) is 8.14. The molecule has 0 aliphatic carbocycles. The van der Waals surface area contributed by atoms with Gasteiger partial charge in [0.05, 0.1) is 23.3 Å². The van der Waals surface area contributed by atoms with E-state index in [-0.39, 0.29) is 0 Å². The van der Waals surface area contributed by atoms with Crippen LogP contribution in [0.5, 0.6) is 0 Å². The van der Waals surface area contributed by atoms with E-state index in [0.29, 0.717) is 0 Å². The molecule has 8 heteroatoms. The highest BCUT2D eigenvalue weighted by molar-refractivity contribution is 5.96. The number of anilines is 2. The summed E-state index contributed by atoms with van der Waals surface area (Å²) in [6.45, 7) is 4.98. The van der Waals surface area contributed by atoms with E-state index in [2.05, 4.69) is 66.6 Å². The first-order valence-electron chi connectivity index (χ1n) is 10.6. The summed E-state index contributed by atoms with van der Waals surface area (Å²) in [5.41, 5.74) is 8.16. The number of likely N-dealkylation sites (N-methyl/N-ethyl adjacent to an activating group) is 1. The molecular formula is C23H24N8. The lowest BCUT2D eigenvalue weighted by Gasteiger charge is -2.34. The van der Waals surface area contributed by atoms with Crippen molar-refractivity contribution in [2.24, 2.45) is 0 Å². The van der Waals surface area contributed by atoms with Gasteiger partial charge in [-0.3, -0.25) is 5.10 Å². The number of pyridine rings is 2. The molecule has 0 bridgehead atoms. The fourth-order valence-corrected chi connectivity index (χ4v) is 4.44. The maximum Gasteiger partial charge on any atom is 0.139 e. The highest BCUT2D eigenvalue weighted by Crippen LogP contribution is 2.35. The fourth-order valence-electron chi connectivity index (χ4n) is 4.44. The van der Waals surface area contributed by atoms with Gasteiger partial charge >= 0.3 is 0 Å². The van der Waals surface area contributed by atoms with Crippen molar-refractivity contribution in [1.82, 2.24) is 30.0 Å². The van der Waals surface area contributed by atoms with Gasteiger partial charge < -0.3 is 20.1 Å². The Morgan fingerprint density at radius 3 is 2.81 bits per heavy atom. The van der Waals surface area contributed by atoms with Crippen LogP contribution in [0, 0.1) is 0 Å². The van der Waals surface area contributed by atoms with E-state index in [4.69, 9.17) is 4.98 Å². The van der Waals surface area contributed by atoms with Gasteiger partial charge in [0.25, 0.3) is 0 Å². The number of rotatable bonds is 3. The molecule has 8 nitrogen and oxygen atoms in total. The number of hydrogen-bond acceptors (Lipinski definition) is 6. The fraction of sp³-hybridized carbons (Fsp3) is 0.261. The molecular weight excluding hydrogens is 388 g/mol. The number of fused-ring (bicyclic) bond motifs is 2. The van der Waals surface area contributed by atoms with Gasteiger partial charge in [0.15, 0.2) is 0 Å². The molecule has 0 spiro atoms. The minimum atomic E-state index is 0.767. The van der Waals surface area contributed by atoms with Crippen molar-refractivity contribution in [1.29, 1.82) is 0 Å². The number of hydrogen-bond donors (Lipinski definition) is 3. The Morgan fingerprint density at radius 2 is 1.97 bits per heavy atom. The summed E-state index contributed by atoms with van der Waals surface area (Å²) in [5.74, 6) is 0. The van der Waals surface area contributed by atoms with Crippen LogP contribution >= 0.6 is 0 Å². The van der Waals surface area contributed by atoms with Crippen molar-refractivity contribution in [2.75, 3.05) is 50.0 Å². The number of aromatic nitrogens is 5. The zero-order chi connectivity index (χ0) is 20.8. The third-order valence-electron chi connectivity index (χ3n) is 6.19. The van der Waals surface area contributed by atoms with Crippen molar-refractivity contribution in [3.05, 3.63) is 60.3 Å². The zero-order valence-corrected chi connectivity index (χ0v) is 17.4. The molecule has 4 aromatic heterocycles. The van der Waals surface area contributed by atoms with Crippen LogP contribution in [0.2, 0.25) is 0 Å². The monoisotopic (exact) mass is 412 g/mol. The molecule has 0 radical (unpaired) electrons. The Bertz CT molecular complexity index is 1260. The van der Waals surface area contributed by atoms with Gasteiger partial charge in [-0.1, -0.05) is 6.08 Å². The van der Waals surface area contributed by atoms with Crippen LogP contribution in [-0.4, -0.2) is 69.8 Å². The van der Waals surface area contributed by atoms with E-state index in [1.165, 1.54) is 5.69 Å². The topological polar surface area (TPSA) is 88.8 Å². The molecule has 0 aromatic carbocycles. The Balaban J connectivity index is 1.42. The summed E-state index contributed by atoms with van der Waals surface area (Å²) in [6.07, 6.45) is 7.75. The van der Waals surface area contributed by atoms with E-state index < -0.39 is 0 Å². The van der Waals surface area contributed by atoms with Crippen molar-refractivity contribution < 1.29 is 0 Å². The smallest absolute Gasteiger partial charge is 0.139 e. The highest BCUT2D eigenvalue weighted by Gasteiger charge is 2.21. The van der Waals surface area contributed by atoms with Gasteiger partial charge in [-0.05, 0) is 31.3 Å². The van der Waals surface area contributed by atoms with Crippen molar-refractivity contribution in [2.45, 2.75) is 0 Å². The first-order chi connectivity index (χ1) is 15.3. The van der Waals surface area contributed by atoms with Crippen LogP contribution in [0.15, 0.2) is 48.9 Å². The molecule has 156 valence electrons. The minimum Gasteiger partial charge on any atom is -0.380 e. The number of nitrogens with zero attached hydrogens (tertiary/aromatic N) is 5. The Hall–Kier alpha value is -3.65. The van der Waals surface area contributed by atoms with Crippen LogP contribution in [0.4, 0.5) is 11.4 Å². The van der Waals surface area contributed by atoms with E-state index in [1.807, 2.05) is 18.5 Å². The minimum absolute atomic E-state index is 0.767. The zero-order valence-electron chi connectivity index (χ0n) is 17.4. The number of H-pyrrole nitrogens is 2. The Morgan fingerprint density at radius 1 is 1.06 bits per heavy atom. The van der Waals surface area contributed by atoms with E-state index in [0.717, 1.165) is 77.7 Å². The molecule has 2 aliphatic rings. The maximum absolute atomic E-state index is 4.96. The summed E-state index contributed by atoms with van der Waals surface area (Å²) in [7, 11) is 2.18. The van der Waals surface area contributed by atoms with Gasteiger partial charge in [0.1, 0.15) is 5.65 Å². The third kappa shape index (κ3) is 3.16. The van der Waals surface area contributed by atoms with Crippen LogP contribution in [-0.2, 0) is 0 Å². The first-order valence-corrected chi connectivity index (χ1v) is 10.6. The van der Waals surface area contributed by atoms with Gasteiger partial charge in [-0.25, -0.2) is 9.97 Å². The molecule has 31 heavy (non-hydrogen) atoms. The third-order valence-corrected chi connectivity index (χ3v) is 6.19. The van der Waals surface area contributed by atoms with E-state index >= 15 is 0 Å². The average molecular weight is 413 g/mol. The predicted octanol–water partition coefficient (Wildman–Crippen LogP) is 2.96. The van der Waals surface area contributed by atoms with Gasteiger partial charge in [-0.2, -0.15) is 5.10 Å². The van der Waals surface area contributed by atoms with Crippen LogP contribution in [0.3, 0.4) is 0 Å². The molecule has 3 N–H and O–H groups in total. The average Bonchev–Trinajstić information content (AvgIpc) is 3.49. The Labute approximate surface area is 180 Å². The number of piperazine rings is 1. The van der Waals surface area contributed by atoms with Gasteiger partial charge in [0.2, 0.25) is 0 Å². The van der Waals surface area contributed by atoms with Crippen molar-refractivity contribution >= 4 is 28.0 Å². The summed E-state index contributed by atoms with van der Waals surface area (Å²) >= 11 is 0. The molecule has 6 rings (SSSR count). The lowest BCUT2D eigenvalue weighted by atomic mass is 10.0. The van der Waals surface area contributed by atoms with Crippen molar-refractivity contribution in [3.8, 4) is 11.3 Å². The molecule has 0 amide bonds. The maximum atomic E-state index is 4.96. The Kier molecular flexibility index (Phi) is 4.24. The summed E-state index contributed by atoms with van der Waals surface area (Å²) in [5, 5.41) is 11.5. The molecule has 1 saturated heterocycles. The second-order valence-corrected chi connectivity index (χ2v) is 8.14. The second kappa shape index (κ2) is 7.24. The lowest BCUT2D eigenvalue weighted by Crippen LogP contribution is -2.44. The van der Waals surface area contributed by atoms with E-state index in [9.17, 15) is 0 Å². The van der Waals surface area contributed by atoms with Crippen LogP contribution < -0.4 is 10.2 Å². The quantitative estimate of drug-likeness (QED) is 0.479.